The van der Waals surface area contributed by atoms with Crippen molar-refractivity contribution in [3.8, 4) is 5.75 Å². The van der Waals surface area contributed by atoms with Crippen LogP contribution in [0.15, 0.2) is 47.2 Å². The van der Waals surface area contributed by atoms with Gasteiger partial charge in [0.1, 0.15) is 12.4 Å². The molecule has 0 saturated heterocycles. The number of benzene rings is 1. The first-order chi connectivity index (χ1) is 8.78. The monoisotopic (exact) mass is 307 g/mol. The van der Waals surface area contributed by atoms with Gasteiger partial charge in [-0.15, -0.1) is 0 Å². The maximum Gasteiger partial charge on any atom is 0.119 e. The van der Waals surface area contributed by atoms with Crippen LogP contribution < -0.4 is 4.74 Å². The Morgan fingerprint density at radius 3 is 2.56 bits per heavy atom. The number of aromatic nitrogens is 1. The molecular weight excluding hydrogens is 294 g/mol. The molecule has 18 heavy (non-hydrogen) atoms. The second kappa shape index (κ2) is 6.52. The van der Waals surface area contributed by atoms with Crippen molar-refractivity contribution in [1.82, 2.24) is 4.98 Å². The highest BCUT2D eigenvalue weighted by Crippen LogP contribution is 2.15. The van der Waals surface area contributed by atoms with Crippen molar-refractivity contribution in [1.29, 1.82) is 0 Å². The fraction of sp³-hybridized carbons (Fsp3) is 0.214. The average Bonchev–Trinajstić information content (AvgIpc) is 2.38. The van der Waals surface area contributed by atoms with Gasteiger partial charge in [-0.3, -0.25) is 4.98 Å². The maximum atomic E-state index is 8.82. The largest absolute Gasteiger partial charge is 0.489 e. The molecule has 0 spiro atoms. The Balaban J connectivity index is 1.93. The molecule has 0 aliphatic rings. The Morgan fingerprint density at radius 1 is 1.11 bits per heavy atom. The van der Waals surface area contributed by atoms with E-state index in [1.165, 1.54) is 0 Å². The molecule has 3 nitrogen and oxygen atoms in total. The number of nitrogens with zero attached hydrogens (tertiary/aromatic N) is 1. The summed E-state index contributed by atoms with van der Waals surface area (Å²) >= 11 is 3.37. The summed E-state index contributed by atoms with van der Waals surface area (Å²) in [6.45, 7) is 0.662. The van der Waals surface area contributed by atoms with Crippen LogP contribution in [-0.4, -0.2) is 16.7 Å². The van der Waals surface area contributed by atoms with Gasteiger partial charge in [0, 0.05) is 29.0 Å². The summed E-state index contributed by atoms with van der Waals surface area (Å²) in [4.78, 5) is 4.08. The minimum absolute atomic E-state index is 0.171. The number of aliphatic hydroxyl groups excluding tert-OH is 1. The zero-order chi connectivity index (χ0) is 12.8. The number of halogens is 1. The van der Waals surface area contributed by atoms with Crippen molar-refractivity contribution < 1.29 is 9.84 Å². The van der Waals surface area contributed by atoms with E-state index in [-0.39, 0.29) is 6.61 Å². The third kappa shape index (κ3) is 3.82. The van der Waals surface area contributed by atoms with Gasteiger partial charge >= 0.3 is 0 Å². The Hall–Kier alpha value is -1.39. The minimum atomic E-state index is 0.171. The summed E-state index contributed by atoms with van der Waals surface area (Å²) in [5.41, 5.74) is 2.12. The van der Waals surface area contributed by atoms with Crippen LogP contribution in [-0.2, 0) is 13.0 Å². The minimum Gasteiger partial charge on any atom is -0.489 e. The van der Waals surface area contributed by atoms with Crippen molar-refractivity contribution in [3.05, 3.63) is 58.3 Å². The molecule has 4 heteroatoms. The number of rotatable bonds is 5. The molecule has 1 aromatic carbocycles. The second-order valence-corrected chi connectivity index (χ2v) is 4.83. The molecule has 0 amide bonds. The van der Waals surface area contributed by atoms with Crippen molar-refractivity contribution in [2.24, 2.45) is 0 Å². The molecule has 0 atom stereocenters. The van der Waals surface area contributed by atoms with Crippen molar-refractivity contribution >= 4 is 15.9 Å². The van der Waals surface area contributed by atoms with Gasteiger partial charge in [-0.05, 0) is 46.1 Å². The van der Waals surface area contributed by atoms with Crippen molar-refractivity contribution in [2.45, 2.75) is 13.0 Å². The van der Waals surface area contributed by atoms with E-state index in [0.29, 0.717) is 13.0 Å². The molecule has 1 heterocycles. The van der Waals surface area contributed by atoms with Crippen LogP contribution in [0.3, 0.4) is 0 Å². The third-order valence-electron chi connectivity index (χ3n) is 2.49. The molecule has 0 radical (unpaired) electrons. The number of hydrogen-bond acceptors (Lipinski definition) is 3. The lowest BCUT2D eigenvalue weighted by molar-refractivity contribution is 0.298. The molecule has 0 fully saturated rings. The van der Waals surface area contributed by atoms with E-state index in [4.69, 9.17) is 9.84 Å². The predicted molar refractivity (Wildman–Crippen MR) is 73.5 cm³/mol. The van der Waals surface area contributed by atoms with Crippen molar-refractivity contribution in [3.63, 3.8) is 0 Å². The van der Waals surface area contributed by atoms with Crippen LogP contribution in [0.25, 0.3) is 0 Å². The maximum absolute atomic E-state index is 8.82. The molecule has 0 aliphatic heterocycles. The zero-order valence-corrected chi connectivity index (χ0v) is 11.4. The normalized spacial score (nSPS) is 10.3. The molecule has 2 aromatic rings. The van der Waals surface area contributed by atoms with Gasteiger partial charge in [0.2, 0.25) is 0 Å². The number of hydrogen-bond donors (Lipinski definition) is 1. The first-order valence-electron chi connectivity index (χ1n) is 5.70. The molecular formula is C14H14BrNO2. The molecule has 0 unspecified atom stereocenters. The molecule has 0 saturated carbocycles. The molecule has 0 aliphatic carbocycles. The Morgan fingerprint density at radius 2 is 1.89 bits per heavy atom. The van der Waals surface area contributed by atoms with Crippen LogP contribution in [0.1, 0.15) is 11.1 Å². The smallest absolute Gasteiger partial charge is 0.119 e. The van der Waals surface area contributed by atoms with E-state index in [1.807, 2.05) is 30.3 Å². The van der Waals surface area contributed by atoms with Crippen LogP contribution in [0.2, 0.25) is 0 Å². The molecule has 0 bridgehead atoms. The lowest BCUT2D eigenvalue weighted by Gasteiger charge is -2.07. The topological polar surface area (TPSA) is 42.4 Å². The number of aliphatic hydroxyl groups is 1. The Labute approximate surface area is 115 Å². The van der Waals surface area contributed by atoms with E-state index in [9.17, 15) is 0 Å². The molecule has 2 rings (SSSR count). The highest BCUT2D eigenvalue weighted by molar-refractivity contribution is 9.10. The first-order valence-corrected chi connectivity index (χ1v) is 6.49. The Bertz CT molecular complexity index is 499. The van der Waals surface area contributed by atoms with Gasteiger partial charge in [0.15, 0.2) is 0 Å². The SMILES string of the molecule is OCCc1ccc(OCc2cncc(Br)c2)cc1. The predicted octanol–water partition coefficient (Wildman–Crippen LogP) is 2.96. The summed E-state index contributed by atoms with van der Waals surface area (Å²) in [7, 11) is 0. The summed E-state index contributed by atoms with van der Waals surface area (Å²) < 4.78 is 6.60. The third-order valence-corrected chi connectivity index (χ3v) is 2.92. The van der Waals surface area contributed by atoms with Gasteiger partial charge in [0.05, 0.1) is 0 Å². The van der Waals surface area contributed by atoms with Gasteiger partial charge < -0.3 is 9.84 Å². The van der Waals surface area contributed by atoms with Crippen LogP contribution in [0.5, 0.6) is 5.75 Å². The average molecular weight is 308 g/mol. The lowest BCUT2D eigenvalue weighted by Crippen LogP contribution is -1.96. The number of pyridine rings is 1. The van der Waals surface area contributed by atoms with Gasteiger partial charge in [-0.25, -0.2) is 0 Å². The van der Waals surface area contributed by atoms with E-state index in [2.05, 4.69) is 20.9 Å². The van der Waals surface area contributed by atoms with Crippen molar-refractivity contribution in [2.75, 3.05) is 6.61 Å². The summed E-state index contributed by atoms with van der Waals surface area (Å²) in [6, 6.07) is 9.73. The first kappa shape index (κ1) is 13.1. The molecule has 1 N–H and O–H groups in total. The van der Waals surface area contributed by atoms with E-state index in [0.717, 1.165) is 21.3 Å². The van der Waals surface area contributed by atoms with Gasteiger partial charge in [0.25, 0.3) is 0 Å². The summed E-state index contributed by atoms with van der Waals surface area (Å²) in [5.74, 6) is 0.816. The highest BCUT2D eigenvalue weighted by atomic mass is 79.9. The van der Waals surface area contributed by atoms with Crippen LogP contribution in [0.4, 0.5) is 0 Å². The van der Waals surface area contributed by atoms with Crippen LogP contribution in [0, 0.1) is 0 Å². The fourth-order valence-electron chi connectivity index (χ4n) is 1.58. The summed E-state index contributed by atoms with van der Waals surface area (Å²) in [5, 5.41) is 8.82. The summed E-state index contributed by atoms with van der Waals surface area (Å²) in [6.07, 6.45) is 4.20. The Kier molecular flexibility index (Phi) is 4.73. The highest BCUT2D eigenvalue weighted by Gasteiger charge is 1.98. The lowest BCUT2D eigenvalue weighted by atomic mass is 10.1. The molecule has 94 valence electrons. The quantitative estimate of drug-likeness (QED) is 0.923. The standard InChI is InChI=1S/C14H14BrNO2/c15-13-7-12(8-16-9-13)10-18-14-3-1-11(2-4-14)5-6-17/h1-4,7-9,17H,5-6,10H2. The van der Waals surface area contributed by atoms with Gasteiger partial charge in [-0.2, -0.15) is 0 Å². The van der Waals surface area contributed by atoms with Gasteiger partial charge in [-0.1, -0.05) is 12.1 Å². The van der Waals surface area contributed by atoms with Crippen LogP contribution >= 0.6 is 15.9 Å². The fourth-order valence-corrected chi connectivity index (χ4v) is 2.00. The molecule has 1 aromatic heterocycles. The zero-order valence-electron chi connectivity index (χ0n) is 9.84. The number of ether oxygens (including phenoxy) is 1. The van der Waals surface area contributed by atoms with E-state index >= 15 is 0 Å². The second-order valence-electron chi connectivity index (χ2n) is 3.92. The van der Waals surface area contributed by atoms with E-state index in [1.54, 1.807) is 12.4 Å². The van der Waals surface area contributed by atoms with E-state index < -0.39 is 0 Å².